The molecule has 0 aromatic heterocycles. The zero-order valence-corrected chi connectivity index (χ0v) is 18.3. The van der Waals surface area contributed by atoms with Crippen LogP contribution in [0.5, 0.6) is 0 Å². The van der Waals surface area contributed by atoms with Gasteiger partial charge in [-0.2, -0.15) is 10.5 Å². The van der Waals surface area contributed by atoms with Crippen LogP contribution in [-0.2, 0) is 16.0 Å². The molecule has 0 aliphatic carbocycles. The predicted octanol–water partition coefficient (Wildman–Crippen LogP) is 2.04. The summed E-state index contributed by atoms with van der Waals surface area (Å²) in [5, 5.41) is 24.1. The van der Waals surface area contributed by atoms with Crippen LogP contribution in [0.25, 0.3) is 11.1 Å². The number of ether oxygens (including phenoxy) is 1. The van der Waals surface area contributed by atoms with Crippen molar-refractivity contribution in [2.45, 2.75) is 36.5 Å². The fourth-order valence-corrected chi connectivity index (χ4v) is 4.83. The number of amides is 1. The Hall–Kier alpha value is -2.97. The van der Waals surface area contributed by atoms with Gasteiger partial charge in [-0.15, -0.1) is 0 Å². The molecule has 3 radical (unpaired) electrons. The fourth-order valence-electron chi connectivity index (χ4n) is 4.32. The van der Waals surface area contributed by atoms with E-state index in [1.54, 1.807) is 19.1 Å². The molecule has 2 aliphatic heterocycles. The highest BCUT2D eigenvalue weighted by Gasteiger charge is 2.49. The number of benzene rings is 2. The molecule has 7 heteroatoms. The molecule has 4 rings (SSSR count). The van der Waals surface area contributed by atoms with Crippen LogP contribution < -0.4 is 10.6 Å². The average Bonchev–Trinajstić information content (AvgIpc) is 3.33. The Kier molecular flexibility index (Phi) is 5.68. The Balaban J connectivity index is 1.43. The molecule has 2 fully saturated rings. The Bertz CT molecular complexity index is 1040. The lowest BCUT2D eigenvalue weighted by Gasteiger charge is -2.31. The van der Waals surface area contributed by atoms with E-state index in [1.165, 1.54) is 0 Å². The molecule has 2 N–H and O–H groups in total. The van der Waals surface area contributed by atoms with Crippen molar-refractivity contribution in [3.63, 3.8) is 0 Å². The fraction of sp³-hybridized carbons (Fsp3) is 0.375. The highest BCUT2D eigenvalue weighted by molar-refractivity contribution is 6.28. The maximum atomic E-state index is 13.0. The summed E-state index contributed by atoms with van der Waals surface area (Å²) < 4.78 is 5.46. The maximum Gasteiger partial charge on any atom is 0.237 e. The monoisotopic (exact) mass is 427 g/mol. The molecule has 0 saturated carbocycles. The third-order valence-electron chi connectivity index (χ3n) is 6.08. The summed E-state index contributed by atoms with van der Waals surface area (Å²) in [6.45, 7) is 3.00. The highest BCUT2D eigenvalue weighted by atomic mass is 28.1. The van der Waals surface area contributed by atoms with Crippen LogP contribution in [0.2, 0.25) is 0 Å². The first-order chi connectivity index (χ1) is 14.8. The Labute approximate surface area is 185 Å². The lowest BCUT2D eigenvalue weighted by Crippen LogP contribution is -2.61. The second kappa shape index (κ2) is 8.28. The van der Waals surface area contributed by atoms with E-state index in [0.717, 1.165) is 16.7 Å². The van der Waals surface area contributed by atoms with E-state index in [-0.39, 0.29) is 11.9 Å². The van der Waals surface area contributed by atoms with Crippen LogP contribution in [0.15, 0.2) is 48.5 Å². The van der Waals surface area contributed by atoms with E-state index >= 15 is 0 Å². The maximum absolute atomic E-state index is 13.0. The molecule has 31 heavy (non-hydrogen) atoms. The molecule has 2 heterocycles. The van der Waals surface area contributed by atoms with Gasteiger partial charge in [-0.1, -0.05) is 36.4 Å². The number of carbonyl (C=O) groups is 1. The average molecular weight is 428 g/mol. The van der Waals surface area contributed by atoms with Crippen molar-refractivity contribution < 1.29 is 9.53 Å². The number of fused-ring (bicyclic) bond motifs is 1. The quantitative estimate of drug-likeness (QED) is 0.712. The van der Waals surface area contributed by atoms with Gasteiger partial charge in [-0.3, -0.25) is 4.79 Å². The molecule has 0 bridgehead atoms. The molecule has 6 nitrogen and oxygen atoms in total. The molecule has 2 aromatic rings. The molecule has 4 atom stereocenters. The number of nitrogens with one attached hydrogen (secondary N) is 2. The van der Waals surface area contributed by atoms with Gasteiger partial charge in [0.25, 0.3) is 0 Å². The summed E-state index contributed by atoms with van der Waals surface area (Å²) in [5.74, 6) is 0.0724. The minimum Gasteiger partial charge on any atom is -0.379 e. The summed E-state index contributed by atoms with van der Waals surface area (Å²) in [4.78, 5) is 13.0. The third kappa shape index (κ3) is 4.40. The summed E-state index contributed by atoms with van der Waals surface area (Å²) >= 11 is 0. The van der Waals surface area contributed by atoms with Gasteiger partial charge in [0.05, 0.1) is 46.3 Å². The van der Waals surface area contributed by atoms with Crippen molar-refractivity contribution in [1.29, 1.82) is 10.5 Å². The molecular weight excluding hydrogens is 404 g/mol. The lowest BCUT2D eigenvalue weighted by atomic mass is 9.92. The van der Waals surface area contributed by atoms with Crippen LogP contribution in [0.3, 0.4) is 0 Å². The van der Waals surface area contributed by atoms with Crippen molar-refractivity contribution in [2.24, 2.45) is 5.92 Å². The molecule has 2 aromatic carbocycles. The van der Waals surface area contributed by atoms with Gasteiger partial charge in [-0.05, 0) is 42.2 Å². The lowest BCUT2D eigenvalue weighted by molar-refractivity contribution is -0.125. The zero-order valence-electron chi connectivity index (χ0n) is 17.3. The summed E-state index contributed by atoms with van der Waals surface area (Å²) in [6.07, 6.45) is 1.02. The van der Waals surface area contributed by atoms with Gasteiger partial charge >= 0.3 is 0 Å². The van der Waals surface area contributed by atoms with Gasteiger partial charge in [-0.25, -0.2) is 0 Å². The van der Waals surface area contributed by atoms with Gasteiger partial charge in [0.1, 0.15) is 5.54 Å². The number of hydrogen-bond donors (Lipinski definition) is 2. The number of nitriles is 2. The number of hydrogen-bond acceptors (Lipinski definition) is 5. The Morgan fingerprint density at radius 2 is 1.84 bits per heavy atom. The highest BCUT2D eigenvalue weighted by Crippen LogP contribution is 2.32. The summed E-state index contributed by atoms with van der Waals surface area (Å²) in [5.41, 5.74) is 2.58. The van der Waals surface area contributed by atoms with Crippen LogP contribution in [0.1, 0.15) is 24.5 Å². The van der Waals surface area contributed by atoms with Crippen molar-refractivity contribution in [3.05, 3.63) is 59.7 Å². The first-order valence-electron chi connectivity index (χ1n) is 10.3. The van der Waals surface area contributed by atoms with Gasteiger partial charge in [0.15, 0.2) is 0 Å². The minimum atomic E-state index is -1.04. The number of rotatable bonds is 5. The number of carbonyl (C=O) groups excluding carboxylic acids is 1. The molecule has 1 amide bonds. The summed E-state index contributed by atoms with van der Waals surface area (Å²) in [6, 6.07) is 19.9. The predicted molar refractivity (Wildman–Crippen MR) is 117 cm³/mol. The van der Waals surface area contributed by atoms with Crippen LogP contribution in [-0.4, -0.2) is 46.1 Å². The summed E-state index contributed by atoms with van der Waals surface area (Å²) in [7, 11) is 3.63. The second-order valence-corrected chi connectivity index (χ2v) is 9.47. The largest absolute Gasteiger partial charge is 0.379 e. The van der Waals surface area contributed by atoms with E-state index in [4.69, 9.17) is 10.00 Å². The van der Waals surface area contributed by atoms with Crippen molar-refractivity contribution in [2.75, 3.05) is 13.2 Å². The van der Waals surface area contributed by atoms with Crippen molar-refractivity contribution >= 4 is 16.1 Å². The SMILES string of the molecule is C[C@](C#N)(Cc1ccc(-c2ccc(C#N)cc2)cc1)NC(=O)[C@]1([Si])C[C@@H]2COC[C@@H]2N1. The van der Waals surface area contributed by atoms with Crippen molar-refractivity contribution in [3.8, 4) is 23.3 Å². The van der Waals surface area contributed by atoms with E-state index in [0.29, 0.717) is 37.5 Å². The first kappa shape index (κ1) is 21.3. The second-order valence-electron chi connectivity index (χ2n) is 8.62. The standard InChI is InChI=1S/C24H23N4O2Si/c1-23(15-26,28-22(29)24(31)11-20-13-30-14-21(20)27-24)10-16-2-6-18(7-3-16)19-8-4-17(12-25)5-9-19/h2-9,20-21,27H,10-11,13-14H2,1H3,(H,28,29)/t20-,21+,23-,24-/m1/s1. The van der Waals surface area contributed by atoms with Crippen LogP contribution in [0, 0.1) is 28.6 Å². The van der Waals surface area contributed by atoms with Crippen LogP contribution >= 0.6 is 0 Å². The van der Waals surface area contributed by atoms with E-state index in [2.05, 4.69) is 33.0 Å². The number of nitrogens with zero attached hydrogens (tertiary/aromatic N) is 2. The van der Waals surface area contributed by atoms with E-state index in [1.807, 2.05) is 36.4 Å². The molecule has 155 valence electrons. The topological polar surface area (TPSA) is 97.9 Å². The minimum absolute atomic E-state index is 0.159. The Morgan fingerprint density at radius 1 is 1.19 bits per heavy atom. The molecule has 2 saturated heterocycles. The normalized spacial score (nSPS) is 26.3. The third-order valence-corrected chi connectivity index (χ3v) is 6.66. The van der Waals surface area contributed by atoms with Gasteiger partial charge in [0, 0.05) is 18.4 Å². The van der Waals surface area contributed by atoms with E-state index in [9.17, 15) is 10.1 Å². The molecule has 2 aliphatic rings. The van der Waals surface area contributed by atoms with Gasteiger partial charge < -0.3 is 15.4 Å². The Morgan fingerprint density at radius 3 is 2.42 bits per heavy atom. The molecular formula is C24H23N4O2Si. The van der Waals surface area contributed by atoms with Crippen LogP contribution in [0.4, 0.5) is 0 Å². The van der Waals surface area contributed by atoms with Gasteiger partial charge in [0.2, 0.25) is 5.91 Å². The van der Waals surface area contributed by atoms with E-state index < -0.39 is 10.7 Å². The first-order valence-corrected chi connectivity index (χ1v) is 10.8. The smallest absolute Gasteiger partial charge is 0.237 e. The molecule has 0 spiro atoms. The molecule has 0 unspecified atom stereocenters. The van der Waals surface area contributed by atoms with Crippen molar-refractivity contribution in [1.82, 2.24) is 10.6 Å². The zero-order chi connectivity index (χ0) is 22.1.